The maximum Gasteiger partial charge on any atom is 0.311 e. The second-order valence-electron chi connectivity index (χ2n) is 6.82. The maximum atomic E-state index is 14.0. The van der Waals surface area contributed by atoms with E-state index < -0.39 is 5.82 Å². The lowest BCUT2D eigenvalue weighted by atomic mass is 10.0. The molecule has 162 valence electrons. The molecule has 0 heterocycles. The third-order valence-corrected chi connectivity index (χ3v) is 4.54. The highest BCUT2D eigenvalue weighted by atomic mass is 19.1. The van der Waals surface area contributed by atoms with Crippen molar-refractivity contribution in [2.45, 2.75) is 12.8 Å². The number of nitrogens with zero attached hydrogens (tertiary/aromatic N) is 1. The summed E-state index contributed by atoms with van der Waals surface area (Å²) in [5.41, 5.74) is 1.02. The molecule has 0 fully saturated rings. The molecule has 6 heteroatoms. The molecule has 0 radical (unpaired) electrons. The van der Waals surface area contributed by atoms with Crippen LogP contribution in [0.4, 0.5) is 4.39 Å². The molecular weight excluding hydrogens is 409 g/mol. The highest BCUT2D eigenvalue weighted by Crippen LogP contribution is 2.23. The Morgan fingerprint density at radius 1 is 1.00 bits per heavy atom. The van der Waals surface area contributed by atoms with Gasteiger partial charge in [0.15, 0.2) is 0 Å². The number of hydrogen-bond acceptors (Lipinski definition) is 5. The third-order valence-electron chi connectivity index (χ3n) is 4.54. The summed E-state index contributed by atoms with van der Waals surface area (Å²) in [5.74, 6) is 0.931. The number of carbonyl (C=O) groups excluding carboxylic acids is 1. The molecule has 0 N–H and O–H groups in total. The minimum atomic E-state index is -0.472. The number of ether oxygens (including phenoxy) is 3. The van der Waals surface area contributed by atoms with Gasteiger partial charge < -0.3 is 14.2 Å². The highest BCUT2D eigenvalue weighted by molar-refractivity contribution is 5.90. The van der Waals surface area contributed by atoms with Gasteiger partial charge in [-0.2, -0.15) is 5.26 Å². The van der Waals surface area contributed by atoms with Gasteiger partial charge in [0.2, 0.25) is 0 Å². The zero-order valence-electron chi connectivity index (χ0n) is 17.6. The molecule has 0 aliphatic rings. The number of methoxy groups -OCH3 is 1. The first-order chi connectivity index (χ1) is 15.6. The standard InChI is InChI=1S/C26H22FNO4/c1-30-21-11-13-22(14-12-21)31-15-5-10-26(29)32-23-7-4-6-19(17-23)16-20(18-28)24-8-2-3-9-25(24)27/h2-4,6-9,11-14,16-17H,5,10,15H2,1H3/b20-16-. The Hall–Kier alpha value is -4.11. The number of hydrogen-bond donors (Lipinski definition) is 0. The van der Waals surface area contributed by atoms with Gasteiger partial charge in [-0.3, -0.25) is 4.79 Å². The van der Waals surface area contributed by atoms with Crippen LogP contribution in [0.5, 0.6) is 17.2 Å². The summed E-state index contributed by atoms with van der Waals surface area (Å²) in [4.78, 5) is 12.2. The molecule has 3 rings (SSSR count). The minimum Gasteiger partial charge on any atom is -0.497 e. The first-order valence-corrected chi connectivity index (χ1v) is 10.0. The Morgan fingerprint density at radius 3 is 2.47 bits per heavy atom. The molecular formula is C26H22FNO4. The van der Waals surface area contributed by atoms with E-state index >= 15 is 0 Å². The van der Waals surface area contributed by atoms with Crippen molar-refractivity contribution >= 4 is 17.6 Å². The van der Waals surface area contributed by atoms with Crippen molar-refractivity contribution in [1.82, 2.24) is 0 Å². The first kappa shape index (κ1) is 22.6. The fraction of sp³-hybridized carbons (Fsp3) is 0.154. The number of allylic oxidation sites excluding steroid dienone is 1. The van der Waals surface area contributed by atoms with E-state index in [1.54, 1.807) is 79.9 Å². The molecule has 32 heavy (non-hydrogen) atoms. The van der Waals surface area contributed by atoms with Crippen molar-refractivity contribution in [3.63, 3.8) is 0 Å². The predicted molar refractivity (Wildman–Crippen MR) is 120 cm³/mol. The van der Waals surface area contributed by atoms with Crippen molar-refractivity contribution in [3.8, 4) is 23.3 Å². The van der Waals surface area contributed by atoms with Crippen LogP contribution in [0.1, 0.15) is 24.0 Å². The van der Waals surface area contributed by atoms with Gasteiger partial charge in [-0.05, 0) is 60.5 Å². The SMILES string of the molecule is COc1ccc(OCCCC(=O)Oc2cccc(/C=C(/C#N)c3ccccc3F)c2)cc1. The van der Waals surface area contributed by atoms with E-state index in [9.17, 15) is 14.4 Å². The summed E-state index contributed by atoms with van der Waals surface area (Å²) in [6.07, 6.45) is 2.24. The van der Waals surface area contributed by atoms with E-state index in [0.29, 0.717) is 30.1 Å². The predicted octanol–water partition coefficient (Wildman–Crippen LogP) is 5.66. The van der Waals surface area contributed by atoms with Crippen molar-refractivity contribution in [2.24, 2.45) is 0 Å². The normalized spacial score (nSPS) is 10.8. The summed E-state index contributed by atoms with van der Waals surface area (Å²) in [5, 5.41) is 9.42. The molecule has 0 aliphatic carbocycles. The molecule has 3 aromatic rings. The van der Waals surface area contributed by atoms with Gasteiger partial charge in [-0.15, -0.1) is 0 Å². The van der Waals surface area contributed by atoms with Crippen molar-refractivity contribution < 1.29 is 23.4 Å². The summed E-state index contributed by atoms with van der Waals surface area (Å²) in [7, 11) is 1.60. The van der Waals surface area contributed by atoms with E-state index in [4.69, 9.17) is 14.2 Å². The zero-order chi connectivity index (χ0) is 22.8. The number of benzene rings is 3. The molecule has 0 unspecified atom stereocenters. The number of esters is 1. The number of nitriles is 1. The molecule has 0 bridgehead atoms. The van der Waals surface area contributed by atoms with Crippen LogP contribution in [-0.4, -0.2) is 19.7 Å². The second kappa shape index (κ2) is 11.3. The summed E-state index contributed by atoms with van der Waals surface area (Å²) in [6, 6.07) is 22.0. The monoisotopic (exact) mass is 431 g/mol. The Labute approximate surface area is 186 Å². The number of carbonyl (C=O) groups is 1. The largest absolute Gasteiger partial charge is 0.497 e. The first-order valence-electron chi connectivity index (χ1n) is 10.0. The Kier molecular flexibility index (Phi) is 7.99. The van der Waals surface area contributed by atoms with Crippen molar-refractivity contribution in [2.75, 3.05) is 13.7 Å². The van der Waals surface area contributed by atoms with Crippen LogP contribution in [0.25, 0.3) is 11.6 Å². The van der Waals surface area contributed by atoms with Crippen LogP contribution >= 0.6 is 0 Å². The van der Waals surface area contributed by atoms with Gasteiger partial charge in [0.25, 0.3) is 0 Å². The topological polar surface area (TPSA) is 68.6 Å². The highest BCUT2D eigenvalue weighted by Gasteiger charge is 2.09. The summed E-state index contributed by atoms with van der Waals surface area (Å²) in [6.45, 7) is 0.373. The third kappa shape index (κ3) is 6.44. The molecule has 0 aromatic heterocycles. The Bertz CT molecular complexity index is 1130. The van der Waals surface area contributed by atoms with Crippen LogP contribution in [0.15, 0.2) is 72.8 Å². The molecule has 5 nitrogen and oxygen atoms in total. The van der Waals surface area contributed by atoms with Crippen molar-refractivity contribution in [3.05, 3.63) is 89.7 Å². The second-order valence-corrected chi connectivity index (χ2v) is 6.82. The van der Waals surface area contributed by atoms with Crippen molar-refractivity contribution in [1.29, 1.82) is 5.26 Å². The fourth-order valence-electron chi connectivity index (χ4n) is 2.95. The molecule has 0 aliphatic heterocycles. The average Bonchev–Trinajstić information content (AvgIpc) is 2.81. The molecule has 0 atom stereocenters. The molecule has 0 saturated carbocycles. The minimum absolute atomic E-state index is 0.183. The van der Waals surface area contributed by atoms with Crippen LogP contribution in [0.2, 0.25) is 0 Å². The summed E-state index contributed by atoms with van der Waals surface area (Å²) < 4.78 is 30.1. The van der Waals surface area contributed by atoms with E-state index in [0.717, 1.165) is 5.75 Å². The molecule has 0 saturated heterocycles. The molecule has 3 aromatic carbocycles. The summed E-state index contributed by atoms with van der Waals surface area (Å²) >= 11 is 0. The smallest absolute Gasteiger partial charge is 0.311 e. The Morgan fingerprint density at radius 2 is 1.75 bits per heavy atom. The Balaban J connectivity index is 1.54. The van der Waals surface area contributed by atoms with Gasteiger partial charge in [0.1, 0.15) is 23.1 Å². The van der Waals surface area contributed by atoms with Crippen LogP contribution in [0.3, 0.4) is 0 Å². The van der Waals surface area contributed by atoms with Crippen LogP contribution < -0.4 is 14.2 Å². The maximum absolute atomic E-state index is 14.0. The van der Waals surface area contributed by atoms with E-state index in [1.165, 1.54) is 6.07 Å². The molecule has 0 spiro atoms. The zero-order valence-corrected chi connectivity index (χ0v) is 17.6. The van der Waals surface area contributed by atoms with E-state index in [-0.39, 0.29) is 23.5 Å². The average molecular weight is 431 g/mol. The van der Waals surface area contributed by atoms with Gasteiger partial charge >= 0.3 is 5.97 Å². The van der Waals surface area contributed by atoms with Gasteiger partial charge in [-0.25, -0.2) is 4.39 Å². The number of halogens is 1. The van der Waals surface area contributed by atoms with E-state index in [1.807, 2.05) is 6.07 Å². The lowest BCUT2D eigenvalue weighted by Gasteiger charge is -2.08. The van der Waals surface area contributed by atoms with Gasteiger partial charge in [-0.1, -0.05) is 30.3 Å². The van der Waals surface area contributed by atoms with Crippen LogP contribution in [0, 0.1) is 17.1 Å². The fourth-order valence-corrected chi connectivity index (χ4v) is 2.95. The molecule has 0 amide bonds. The lowest BCUT2D eigenvalue weighted by Crippen LogP contribution is -2.10. The lowest BCUT2D eigenvalue weighted by molar-refractivity contribution is -0.134. The number of rotatable bonds is 9. The van der Waals surface area contributed by atoms with E-state index in [2.05, 4.69) is 0 Å². The van der Waals surface area contributed by atoms with Crippen LogP contribution in [-0.2, 0) is 4.79 Å². The van der Waals surface area contributed by atoms with Gasteiger partial charge in [0, 0.05) is 12.0 Å². The van der Waals surface area contributed by atoms with Gasteiger partial charge in [0.05, 0.1) is 25.4 Å². The quantitative estimate of drug-likeness (QED) is 0.144.